The van der Waals surface area contributed by atoms with Crippen LogP contribution in [0.5, 0.6) is 0 Å². The molecule has 2 rings (SSSR count). The highest BCUT2D eigenvalue weighted by molar-refractivity contribution is 7.98. The lowest BCUT2D eigenvalue weighted by atomic mass is 10.0. The van der Waals surface area contributed by atoms with E-state index in [-0.39, 0.29) is 0 Å². The summed E-state index contributed by atoms with van der Waals surface area (Å²) in [7, 11) is 2.17. The van der Waals surface area contributed by atoms with E-state index in [0.29, 0.717) is 6.04 Å². The molecule has 0 spiro atoms. The summed E-state index contributed by atoms with van der Waals surface area (Å²) in [4.78, 5) is 2.34. The van der Waals surface area contributed by atoms with Gasteiger partial charge in [-0.25, -0.2) is 0 Å². The van der Waals surface area contributed by atoms with Gasteiger partial charge in [-0.2, -0.15) is 11.8 Å². The smallest absolute Gasteiger partial charge is 0.0415 e. The molecule has 0 amide bonds. The molecular weight excluding hydrogens is 228 g/mol. The number of benzene rings is 1. The maximum Gasteiger partial charge on any atom is 0.0415 e. The van der Waals surface area contributed by atoms with Crippen molar-refractivity contribution < 1.29 is 0 Å². The molecule has 1 aliphatic rings. The maximum atomic E-state index is 3.68. The van der Waals surface area contributed by atoms with E-state index in [1.165, 1.54) is 22.6 Å². The Morgan fingerprint density at radius 2 is 2.24 bits per heavy atom. The first-order valence-electron chi connectivity index (χ1n) is 6.38. The minimum Gasteiger partial charge on any atom is -0.308 e. The van der Waals surface area contributed by atoms with Gasteiger partial charge in [-0.05, 0) is 24.7 Å². The highest BCUT2D eigenvalue weighted by Crippen LogP contribution is 2.31. The average Bonchev–Trinajstić information content (AvgIpc) is 2.39. The van der Waals surface area contributed by atoms with Crippen LogP contribution >= 0.6 is 11.8 Å². The molecule has 1 aliphatic heterocycles. The van der Waals surface area contributed by atoms with Crippen LogP contribution in [0.3, 0.4) is 0 Å². The van der Waals surface area contributed by atoms with Gasteiger partial charge in [0.1, 0.15) is 0 Å². The highest BCUT2D eigenvalue weighted by Gasteiger charge is 2.19. The van der Waals surface area contributed by atoms with Crippen LogP contribution in [0.2, 0.25) is 0 Å². The largest absolute Gasteiger partial charge is 0.308 e. The second-order valence-corrected chi connectivity index (χ2v) is 5.65. The van der Waals surface area contributed by atoms with Crippen LogP contribution in [0.1, 0.15) is 24.1 Å². The number of nitrogens with one attached hydrogen (secondary N) is 1. The summed E-state index contributed by atoms with van der Waals surface area (Å²) < 4.78 is 0. The number of nitrogens with zero attached hydrogens (tertiary/aromatic N) is 1. The molecule has 1 heterocycles. The van der Waals surface area contributed by atoms with Crippen molar-refractivity contribution in [1.29, 1.82) is 0 Å². The Kier molecular flexibility index (Phi) is 4.89. The fourth-order valence-electron chi connectivity index (χ4n) is 2.14. The predicted molar refractivity (Wildman–Crippen MR) is 76.5 cm³/mol. The van der Waals surface area contributed by atoms with Crippen molar-refractivity contribution in [2.75, 3.05) is 32.4 Å². The Hall–Kier alpha value is -0.510. The van der Waals surface area contributed by atoms with Gasteiger partial charge < -0.3 is 10.2 Å². The Balaban J connectivity index is 1.90. The van der Waals surface area contributed by atoms with Crippen molar-refractivity contribution in [3.8, 4) is 0 Å². The average molecular weight is 250 g/mol. The van der Waals surface area contributed by atoms with Crippen molar-refractivity contribution in [1.82, 2.24) is 10.2 Å². The van der Waals surface area contributed by atoms with E-state index in [1.54, 1.807) is 0 Å². The molecule has 1 N–H and O–H groups in total. The van der Waals surface area contributed by atoms with Crippen LogP contribution in [0.15, 0.2) is 24.3 Å². The number of thioether (sulfide) groups is 1. The zero-order chi connectivity index (χ0) is 12.1. The molecule has 1 atom stereocenters. The third-order valence-electron chi connectivity index (χ3n) is 3.40. The number of hydrogen-bond acceptors (Lipinski definition) is 3. The molecule has 1 aromatic rings. The molecule has 0 aliphatic carbocycles. The molecule has 3 heteroatoms. The minimum absolute atomic E-state index is 0.537. The molecule has 17 heavy (non-hydrogen) atoms. The van der Waals surface area contributed by atoms with Crippen molar-refractivity contribution >= 4 is 11.8 Å². The van der Waals surface area contributed by atoms with E-state index in [2.05, 4.69) is 48.5 Å². The van der Waals surface area contributed by atoms with Gasteiger partial charge in [0.05, 0.1) is 0 Å². The third-order valence-corrected chi connectivity index (χ3v) is 4.48. The number of fused-ring (bicyclic) bond motifs is 1. The second-order valence-electron chi connectivity index (χ2n) is 4.62. The Morgan fingerprint density at radius 3 is 3.06 bits per heavy atom. The fraction of sp³-hybridized carbons (Fsp3) is 0.571. The van der Waals surface area contributed by atoms with Gasteiger partial charge in [0, 0.05) is 30.6 Å². The summed E-state index contributed by atoms with van der Waals surface area (Å²) in [5, 5.41) is 3.68. The van der Waals surface area contributed by atoms with Crippen LogP contribution in [0, 0.1) is 0 Å². The van der Waals surface area contributed by atoms with Crippen molar-refractivity contribution in [3.63, 3.8) is 0 Å². The molecule has 0 aromatic heterocycles. The maximum absolute atomic E-state index is 3.68. The van der Waals surface area contributed by atoms with Gasteiger partial charge >= 0.3 is 0 Å². The van der Waals surface area contributed by atoms with Crippen LogP contribution < -0.4 is 5.32 Å². The molecule has 0 saturated carbocycles. The number of rotatable bonds is 5. The molecule has 1 aromatic carbocycles. The fourth-order valence-corrected chi connectivity index (χ4v) is 3.27. The van der Waals surface area contributed by atoms with Gasteiger partial charge in [-0.15, -0.1) is 0 Å². The zero-order valence-corrected chi connectivity index (χ0v) is 11.6. The molecular formula is C14H22N2S. The molecule has 94 valence electrons. The first-order chi connectivity index (χ1) is 8.31. The highest BCUT2D eigenvalue weighted by atomic mass is 32.2. The molecule has 0 bridgehead atoms. The quantitative estimate of drug-likeness (QED) is 0.864. The molecule has 0 radical (unpaired) electrons. The van der Waals surface area contributed by atoms with E-state index in [1.807, 2.05) is 11.8 Å². The SMILES string of the molecule is CCN(C)CCNC1CSCc2ccccc21. The van der Waals surface area contributed by atoms with Gasteiger partial charge in [0.15, 0.2) is 0 Å². The summed E-state index contributed by atoms with van der Waals surface area (Å²) in [5.41, 5.74) is 3.01. The van der Waals surface area contributed by atoms with E-state index in [4.69, 9.17) is 0 Å². The van der Waals surface area contributed by atoms with E-state index < -0.39 is 0 Å². The monoisotopic (exact) mass is 250 g/mol. The van der Waals surface area contributed by atoms with Gasteiger partial charge in [0.2, 0.25) is 0 Å². The normalized spacial score (nSPS) is 19.4. The predicted octanol–water partition coefficient (Wildman–Crippen LogP) is 2.52. The number of likely N-dealkylation sites (N-methyl/N-ethyl adjacent to an activating group) is 1. The van der Waals surface area contributed by atoms with Crippen LogP contribution in [0.4, 0.5) is 0 Å². The van der Waals surface area contributed by atoms with Gasteiger partial charge in [-0.3, -0.25) is 0 Å². The number of hydrogen-bond donors (Lipinski definition) is 1. The van der Waals surface area contributed by atoms with Crippen molar-refractivity contribution in [2.45, 2.75) is 18.7 Å². The van der Waals surface area contributed by atoms with E-state index in [9.17, 15) is 0 Å². The minimum atomic E-state index is 0.537. The molecule has 1 unspecified atom stereocenters. The van der Waals surface area contributed by atoms with E-state index >= 15 is 0 Å². The van der Waals surface area contributed by atoms with Gasteiger partial charge in [0.25, 0.3) is 0 Å². The molecule has 2 nitrogen and oxygen atoms in total. The van der Waals surface area contributed by atoms with Crippen LogP contribution in [-0.4, -0.2) is 37.3 Å². The van der Waals surface area contributed by atoms with Crippen molar-refractivity contribution in [3.05, 3.63) is 35.4 Å². The first-order valence-corrected chi connectivity index (χ1v) is 7.54. The van der Waals surface area contributed by atoms with Crippen LogP contribution in [-0.2, 0) is 5.75 Å². The first kappa shape index (κ1) is 12.9. The van der Waals surface area contributed by atoms with Gasteiger partial charge in [-0.1, -0.05) is 31.2 Å². The summed E-state index contributed by atoms with van der Waals surface area (Å²) in [6.45, 7) is 5.52. The Labute approximate surface area is 109 Å². The Morgan fingerprint density at radius 1 is 1.41 bits per heavy atom. The van der Waals surface area contributed by atoms with E-state index in [0.717, 1.165) is 19.6 Å². The zero-order valence-electron chi connectivity index (χ0n) is 10.8. The topological polar surface area (TPSA) is 15.3 Å². The van der Waals surface area contributed by atoms with Crippen LogP contribution in [0.25, 0.3) is 0 Å². The summed E-state index contributed by atoms with van der Waals surface area (Å²) in [6, 6.07) is 9.37. The summed E-state index contributed by atoms with van der Waals surface area (Å²) in [6.07, 6.45) is 0. The standard InChI is InChI=1S/C14H22N2S/c1-3-16(2)9-8-15-14-11-17-10-12-6-4-5-7-13(12)14/h4-7,14-15H,3,8-11H2,1-2H3. The summed E-state index contributed by atoms with van der Waals surface area (Å²) >= 11 is 2.03. The van der Waals surface area contributed by atoms with Crippen molar-refractivity contribution in [2.24, 2.45) is 0 Å². The molecule has 0 saturated heterocycles. The second kappa shape index (κ2) is 6.43. The third kappa shape index (κ3) is 3.47. The lowest BCUT2D eigenvalue weighted by molar-refractivity contribution is 0.342. The lowest BCUT2D eigenvalue weighted by Crippen LogP contribution is -2.33. The Bertz CT molecular complexity index is 354. The molecule has 0 fully saturated rings. The summed E-state index contributed by atoms with van der Waals surface area (Å²) in [5.74, 6) is 2.37. The lowest BCUT2D eigenvalue weighted by Gasteiger charge is -2.27.